The zero-order valence-electron chi connectivity index (χ0n) is 13.1. The summed E-state index contributed by atoms with van der Waals surface area (Å²) in [5.74, 6) is -1.97. The van der Waals surface area contributed by atoms with E-state index >= 15 is 0 Å². The van der Waals surface area contributed by atoms with Gasteiger partial charge < -0.3 is 15.0 Å². The van der Waals surface area contributed by atoms with Crippen molar-refractivity contribution in [1.29, 1.82) is 0 Å². The fraction of sp³-hybridized carbons (Fsp3) is 0.533. The number of rotatable bonds is 6. The van der Waals surface area contributed by atoms with Crippen molar-refractivity contribution >= 4 is 17.7 Å². The lowest BCUT2D eigenvalue weighted by atomic mass is 10.0. The average molecular weight is 294 g/mol. The summed E-state index contributed by atoms with van der Waals surface area (Å²) in [6.45, 7) is 6.77. The molecule has 1 amide bonds. The third-order valence-corrected chi connectivity index (χ3v) is 3.53. The number of carbonyl (C=O) groups excluding carboxylic acids is 2. The summed E-state index contributed by atoms with van der Waals surface area (Å²) in [5, 5.41) is 8.91. The molecule has 1 aromatic heterocycles. The lowest BCUT2D eigenvalue weighted by Crippen LogP contribution is -2.34. The number of aliphatic carboxylic acids is 1. The molecule has 116 valence electrons. The second kappa shape index (κ2) is 6.56. The number of hydrogen-bond donors (Lipinski definition) is 2. The van der Waals surface area contributed by atoms with E-state index in [1.165, 1.54) is 11.8 Å². The van der Waals surface area contributed by atoms with Crippen molar-refractivity contribution in [3.63, 3.8) is 0 Å². The fourth-order valence-electron chi connectivity index (χ4n) is 2.45. The summed E-state index contributed by atoms with van der Waals surface area (Å²) in [6, 6.07) is 0. The minimum atomic E-state index is -0.947. The number of carbonyl (C=O) groups is 3. The first-order chi connectivity index (χ1) is 9.70. The van der Waals surface area contributed by atoms with E-state index in [0.717, 1.165) is 0 Å². The molecule has 0 spiro atoms. The van der Waals surface area contributed by atoms with Crippen molar-refractivity contribution < 1.29 is 19.5 Å². The number of nitrogens with zero attached hydrogens (tertiary/aromatic N) is 1. The second-order valence-corrected chi connectivity index (χ2v) is 5.31. The first-order valence-corrected chi connectivity index (χ1v) is 6.91. The minimum Gasteiger partial charge on any atom is -0.481 e. The molecule has 1 unspecified atom stereocenters. The normalized spacial score (nSPS) is 12.0. The van der Waals surface area contributed by atoms with Gasteiger partial charge >= 0.3 is 5.97 Å². The molecule has 0 aliphatic rings. The van der Waals surface area contributed by atoms with Crippen LogP contribution in [0.15, 0.2) is 0 Å². The number of aromatic amines is 1. The number of Topliss-reactive ketones (excluding diaryl/α,β-unsaturated/α-hetero) is 1. The lowest BCUT2D eigenvalue weighted by Gasteiger charge is -2.19. The number of nitrogens with one attached hydrogen (secondary N) is 1. The van der Waals surface area contributed by atoms with Crippen LogP contribution in [0.4, 0.5) is 0 Å². The maximum absolute atomic E-state index is 12.5. The van der Waals surface area contributed by atoms with Gasteiger partial charge in [-0.25, -0.2) is 0 Å². The molecule has 2 N–H and O–H groups in total. The van der Waals surface area contributed by atoms with Gasteiger partial charge in [-0.15, -0.1) is 0 Å². The van der Waals surface area contributed by atoms with Crippen LogP contribution in [-0.2, 0) is 11.2 Å². The monoisotopic (exact) mass is 294 g/mol. The van der Waals surface area contributed by atoms with Crippen LogP contribution in [0.5, 0.6) is 0 Å². The summed E-state index contributed by atoms with van der Waals surface area (Å²) in [4.78, 5) is 39.4. The van der Waals surface area contributed by atoms with Crippen LogP contribution < -0.4 is 0 Å². The highest BCUT2D eigenvalue weighted by molar-refractivity contribution is 6.02. The summed E-state index contributed by atoms with van der Waals surface area (Å²) in [7, 11) is 1.56. The molecule has 0 aliphatic heterocycles. The van der Waals surface area contributed by atoms with Crippen molar-refractivity contribution in [3.8, 4) is 0 Å². The van der Waals surface area contributed by atoms with Crippen molar-refractivity contribution in [2.24, 2.45) is 5.92 Å². The molecular weight excluding hydrogens is 272 g/mol. The minimum absolute atomic E-state index is 0.0822. The molecule has 1 heterocycles. The Morgan fingerprint density at radius 3 is 2.33 bits per heavy atom. The molecule has 1 aromatic rings. The van der Waals surface area contributed by atoms with Crippen LogP contribution in [0, 0.1) is 12.8 Å². The second-order valence-electron chi connectivity index (χ2n) is 5.31. The fourth-order valence-corrected chi connectivity index (χ4v) is 2.45. The quantitative estimate of drug-likeness (QED) is 0.784. The van der Waals surface area contributed by atoms with Crippen molar-refractivity contribution in [3.05, 3.63) is 22.5 Å². The summed E-state index contributed by atoms with van der Waals surface area (Å²) >= 11 is 0. The molecular formula is C15H22N2O4. The SMILES string of the molecule is CCc1c(C(=O)N(C)CC(C)C(=O)O)[nH]c(C)c1C(C)=O. The van der Waals surface area contributed by atoms with Gasteiger partial charge in [0.25, 0.3) is 5.91 Å². The highest BCUT2D eigenvalue weighted by atomic mass is 16.4. The predicted octanol–water partition coefficient (Wildman–Crippen LogP) is 1.88. The van der Waals surface area contributed by atoms with E-state index in [0.29, 0.717) is 28.9 Å². The summed E-state index contributed by atoms with van der Waals surface area (Å²) in [6.07, 6.45) is 0.558. The number of carboxylic acids is 1. The number of carboxylic acid groups (broad SMARTS) is 1. The van der Waals surface area contributed by atoms with Crippen molar-refractivity contribution in [2.75, 3.05) is 13.6 Å². The Kier molecular flexibility index (Phi) is 5.29. The topological polar surface area (TPSA) is 90.5 Å². The lowest BCUT2D eigenvalue weighted by molar-refractivity contribution is -0.141. The Labute approximate surface area is 124 Å². The first-order valence-electron chi connectivity index (χ1n) is 6.91. The maximum Gasteiger partial charge on any atom is 0.308 e. The highest BCUT2D eigenvalue weighted by Crippen LogP contribution is 2.21. The van der Waals surface area contributed by atoms with E-state index in [1.807, 2.05) is 6.92 Å². The van der Waals surface area contributed by atoms with Gasteiger partial charge in [-0.2, -0.15) is 0 Å². The van der Waals surface area contributed by atoms with Gasteiger partial charge in [0.1, 0.15) is 5.69 Å². The van der Waals surface area contributed by atoms with Crippen molar-refractivity contribution in [1.82, 2.24) is 9.88 Å². The van der Waals surface area contributed by atoms with Crippen LogP contribution in [0.25, 0.3) is 0 Å². The van der Waals surface area contributed by atoms with Gasteiger partial charge in [-0.1, -0.05) is 13.8 Å². The zero-order valence-corrected chi connectivity index (χ0v) is 13.1. The zero-order chi connectivity index (χ0) is 16.3. The molecule has 0 aliphatic carbocycles. The summed E-state index contributed by atoms with van der Waals surface area (Å²) < 4.78 is 0. The molecule has 0 saturated carbocycles. The molecule has 0 radical (unpaired) electrons. The number of amides is 1. The molecule has 1 rings (SSSR count). The number of aromatic nitrogens is 1. The van der Waals surface area contributed by atoms with Crippen LogP contribution in [0.2, 0.25) is 0 Å². The first kappa shape index (κ1) is 16.9. The van der Waals surface area contributed by atoms with Gasteiger partial charge in [-0.3, -0.25) is 14.4 Å². The van der Waals surface area contributed by atoms with E-state index in [-0.39, 0.29) is 18.2 Å². The highest BCUT2D eigenvalue weighted by Gasteiger charge is 2.25. The largest absolute Gasteiger partial charge is 0.481 e. The number of ketones is 1. The predicted molar refractivity (Wildman–Crippen MR) is 78.7 cm³/mol. The Balaban J connectivity index is 3.10. The van der Waals surface area contributed by atoms with E-state index < -0.39 is 11.9 Å². The van der Waals surface area contributed by atoms with E-state index in [2.05, 4.69) is 4.98 Å². The smallest absolute Gasteiger partial charge is 0.308 e. The molecule has 6 nitrogen and oxygen atoms in total. The van der Waals surface area contributed by atoms with Gasteiger partial charge in [0, 0.05) is 24.8 Å². The Hall–Kier alpha value is -2.11. The van der Waals surface area contributed by atoms with Crippen LogP contribution >= 0.6 is 0 Å². The van der Waals surface area contributed by atoms with E-state index in [9.17, 15) is 14.4 Å². The molecule has 0 bridgehead atoms. The average Bonchev–Trinajstić information content (AvgIpc) is 2.74. The molecule has 0 saturated heterocycles. The van der Waals surface area contributed by atoms with Crippen LogP contribution in [-0.4, -0.2) is 46.2 Å². The molecule has 6 heteroatoms. The van der Waals surface area contributed by atoms with Crippen molar-refractivity contribution in [2.45, 2.75) is 34.1 Å². The third kappa shape index (κ3) is 3.51. The van der Waals surface area contributed by atoms with E-state index in [4.69, 9.17) is 5.11 Å². The van der Waals surface area contributed by atoms with Crippen LogP contribution in [0.1, 0.15) is 52.9 Å². The van der Waals surface area contributed by atoms with E-state index in [1.54, 1.807) is 20.9 Å². The standard InChI is InChI=1S/C15H22N2O4/c1-6-11-12(10(4)18)9(3)16-13(11)14(19)17(5)7-8(2)15(20)21/h8,16H,6-7H2,1-5H3,(H,20,21). The van der Waals surface area contributed by atoms with Gasteiger partial charge in [0.05, 0.1) is 5.92 Å². The van der Waals surface area contributed by atoms with Gasteiger partial charge in [0.15, 0.2) is 5.78 Å². The van der Waals surface area contributed by atoms with Gasteiger partial charge in [0.2, 0.25) is 0 Å². The van der Waals surface area contributed by atoms with Crippen LogP contribution in [0.3, 0.4) is 0 Å². The van der Waals surface area contributed by atoms with Gasteiger partial charge in [-0.05, 0) is 25.8 Å². The number of aryl methyl sites for hydroxylation is 1. The molecule has 21 heavy (non-hydrogen) atoms. The Morgan fingerprint density at radius 2 is 1.90 bits per heavy atom. The molecule has 0 fully saturated rings. The maximum atomic E-state index is 12.5. The molecule has 1 atom stereocenters. The number of hydrogen-bond acceptors (Lipinski definition) is 3. The number of H-pyrrole nitrogens is 1. The Bertz CT molecular complexity index is 574. The molecule has 0 aromatic carbocycles. The summed E-state index contributed by atoms with van der Waals surface area (Å²) in [5.41, 5.74) is 2.29. The Morgan fingerprint density at radius 1 is 1.33 bits per heavy atom. The third-order valence-electron chi connectivity index (χ3n) is 3.53.